The Morgan fingerprint density at radius 3 is 2.52 bits per heavy atom. The monoisotopic (exact) mass is 426 g/mol. The number of hydrogen-bond donors (Lipinski definition) is 2. The van der Waals surface area contributed by atoms with Gasteiger partial charge in [-0.1, -0.05) is 6.07 Å². The molecule has 164 valence electrons. The molecule has 0 saturated carbocycles. The molecule has 8 heteroatoms. The first kappa shape index (κ1) is 22.4. The highest BCUT2D eigenvalue weighted by atomic mass is 19.1. The minimum Gasteiger partial charge on any atom is -0.399 e. The van der Waals surface area contributed by atoms with Gasteiger partial charge in [-0.3, -0.25) is 14.5 Å². The molecular weight excluding hydrogens is 399 g/mol. The van der Waals surface area contributed by atoms with Crippen molar-refractivity contribution in [1.82, 2.24) is 9.80 Å². The molecule has 1 aliphatic rings. The average Bonchev–Trinajstić information content (AvgIpc) is 2.77. The Bertz CT molecular complexity index is 940. The number of aryl methyl sites for hydroxylation is 1. The van der Waals surface area contributed by atoms with Crippen LogP contribution in [-0.4, -0.2) is 54.2 Å². The van der Waals surface area contributed by atoms with Gasteiger partial charge in [-0.25, -0.2) is 9.18 Å². The van der Waals surface area contributed by atoms with Crippen molar-refractivity contribution < 1.29 is 18.8 Å². The molecule has 0 radical (unpaired) electrons. The number of carbonyl (C=O) groups excluding carboxylic acids is 3. The maximum absolute atomic E-state index is 13.1. The first-order valence-electron chi connectivity index (χ1n) is 10.3. The average molecular weight is 426 g/mol. The molecule has 0 bridgehead atoms. The van der Waals surface area contributed by atoms with Gasteiger partial charge in [0.05, 0.1) is 0 Å². The number of carbonyl (C=O) groups is 3. The van der Waals surface area contributed by atoms with E-state index in [1.165, 1.54) is 24.3 Å². The molecule has 2 aromatic carbocycles. The number of halogens is 1. The molecule has 2 aromatic rings. The number of anilines is 2. The van der Waals surface area contributed by atoms with Crippen molar-refractivity contribution in [2.24, 2.45) is 5.92 Å². The van der Waals surface area contributed by atoms with Crippen LogP contribution in [0.4, 0.5) is 20.6 Å². The Morgan fingerprint density at radius 1 is 1.19 bits per heavy atom. The van der Waals surface area contributed by atoms with Crippen LogP contribution in [0.2, 0.25) is 0 Å². The fourth-order valence-corrected chi connectivity index (χ4v) is 3.68. The lowest BCUT2D eigenvalue weighted by molar-refractivity contribution is -0.115. The number of rotatable bonds is 7. The Hall–Kier alpha value is -3.26. The predicted molar refractivity (Wildman–Crippen MR) is 117 cm³/mol. The second kappa shape index (κ2) is 10.2. The minimum atomic E-state index is -0.509. The number of urea groups is 1. The zero-order valence-electron chi connectivity index (χ0n) is 17.5. The van der Waals surface area contributed by atoms with Gasteiger partial charge in [-0.2, -0.15) is 0 Å². The third-order valence-corrected chi connectivity index (χ3v) is 5.64. The van der Waals surface area contributed by atoms with Gasteiger partial charge < -0.3 is 16.0 Å². The zero-order chi connectivity index (χ0) is 22.4. The number of amides is 3. The lowest BCUT2D eigenvalue weighted by Gasteiger charge is -2.32. The summed E-state index contributed by atoms with van der Waals surface area (Å²) in [5.41, 5.74) is 8.23. The first-order valence-corrected chi connectivity index (χ1v) is 10.3. The van der Waals surface area contributed by atoms with Crippen molar-refractivity contribution in [2.45, 2.75) is 19.8 Å². The third kappa shape index (κ3) is 5.88. The zero-order valence-corrected chi connectivity index (χ0v) is 17.5. The molecule has 0 unspecified atom stereocenters. The summed E-state index contributed by atoms with van der Waals surface area (Å²) in [6, 6.07) is 10.3. The van der Waals surface area contributed by atoms with Crippen molar-refractivity contribution in [3.63, 3.8) is 0 Å². The molecule has 1 heterocycles. The molecule has 3 rings (SSSR count). The summed E-state index contributed by atoms with van der Waals surface area (Å²) in [5, 5.41) is 2.72. The van der Waals surface area contributed by atoms with Crippen LogP contribution in [0.1, 0.15) is 28.8 Å². The van der Waals surface area contributed by atoms with Crippen molar-refractivity contribution in [2.75, 3.05) is 37.2 Å². The van der Waals surface area contributed by atoms with E-state index in [2.05, 4.69) is 10.2 Å². The summed E-state index contributed by atoms with van der Waals surface area (Å²) < 4.78 is 13.1. The SMILES string of the molecule is Cc1ccc(N)cc1NC(=O)N(C=O)CCN1CCC(C(=O)c2ccc(F)cc2)CC1. The van der Waals surface area contributed by atoms with Crippen molar-refractivity contribution in [3.8, 4) is 0 Å². The number of Topliss-reactive ketones (excluding diaryl/α,β-unsaturated/α-hetero) is 1. The molecule has 1 aliphatic heterocycles. The molecule has 1 fully saturated rings. The fourth-order valence-electron chi connectivity index (χ4n) is 3.68. The van der Waals surface area contributed by atoms with Gasteiger partial charge in [0.15, 0.2) is 5.78 Å². The summed E-state index contributed by atoms with van der Waals surface area (Å²) >= 11 is 0. The van der Waals surface area contributed by atoms with Crippen molar-refractivity contribution >= 4 is 29.6 Å². The Kier molecular flexibility index (Phi) is 7.36. The van der Waals surface area contributed by atoms with Gasteiger partial charge in [0.25, 0.3) is 0 Å². The number of nitrogens with zero attached hydrogens (tertiary/aromatic N) is 2. The number of benzene rings is 2. The van der Waals surface area contributed by atoms with Crippen LogP contribution in [0, 0.1) is 18.7 Å². The lowest BCUT2D eigenvalue weighted by Crippen LogP contribution is -2.43. The number of imide groups is 1. The normalized spacial score (nSPS) is 14.8. The number of piperidine rings is 1. The second-order valence-electron chi connectivity index (χ2n) is 7.79. The van der Waals surface area contributed by atoms with Crippen molar-refractivity contribution in [3.05, 3.63) is 59.4 Å². The van der Waals surface area contributed by atoms with E-state index in [-0.39, 0.29) is 24.1 Å². The van der Waals surface area contributed by atoms with Gasteiger partial charge in [0.1, 0.15) is 5.82 Å². The van der Waals surface area contributed by atoms with E-state index < -0.39 is 6.03 Å². The van der Waals surface area contributed by atoms with E-state index in [0.29, 0.717) is 55.8 Å². The molecule has 0 aromatic heterocycles. The number of hydrogen-bond acceptors (Lipinski definition) is 5. The van der Waals surface area contributed by atoms with Crippen LogP contribution in [0.25, 0.3) is 0 Å². The van der Waals surface area contributed by atoms with E-state index in [9.17, 15) is 18.8 Å². The number of nitrogens with two attached hydrogens (primary N) is 1. The van der Waals surface area contributed by atoms with Gasteiger partial charge in [-0.05, 0) is 74.8 Å². The van der Waals surface area contributed by atoms with Gasteiger partial charge in [0, 0.05) is 35.9 Å². The number of nitrogen functional groups attached to an aromatic ring is 1. The predicted octanol–water partition coefficient (Wildman–Crippen LogP) is 3.30. The van der Waals surface area contributed by atoms with Gasteiger partial charge in [0.2, 0.25) is 6.41 Å². The highest BCUT2D eigenvalue weighted by Crippen LogP contribution is 2.22. The molecule has 0 aliphatic carbocycles. The third-order valence-electron chi connectivity index (χ3n) is 5.64. The molecule has 1 saturated heterocycles. The maximum Gasteiger partial charge on any atom is 0.328 e. The highest BCUT2D eigenvalue weighted by Gasteiger charge is 2.26. The molecule has 3 amide bonds. The van der Waals surface area contributed by atoms with Crippen LogP contribution >= 0.6 is 0 Å². The number of likely N-dealkylation sites (tertiary alicyclic amines) is 1. The van der Waals surface area contributed by atoms with E-state index in [1.54, 1.807) is 18.2 Å². The Labute approximate surface area is 181 Å². The fraction of sp³-hybridized carbons (Fsp3) is 0.348. The largest absolute Gasteiger partial charge is 0.399 e. The van der Waals surface area contributed by atoms with E-state index in [4.69, 9.17) is 5.73 Å². The Morgan fingerprint density at radius 2 is 1.87 bits per heavy atom. The van der Waals surface area contributed by atoms with Crippen LogP contribution in [0.5, 0.6) is 0 Å². The highest BCUT2D eigenvalue weighted by molar-refractivity contribution is 5.98. The lowest BCUT2D eigenvalue weighted by atomic mass is 9.89. The van der Waals surface area contributed by atoms with Gasteiger partial charge >= 0.3 is 6.03 Å². The topological polar surface area (TPSA) is 95.7 Å². The van der Waals surface area contributed by atoms with E-state index in [0.717, 1.165) is 10.5 Å². The summed E-state index contributed by atoms with van der Waals surface area (Å²) in [6.45, 7) is 4.00. The van der Waals surface area contributed by atoms with Crippen LogP contribution in [0.15, 0.2) is 42.5 Å². The molecule has 0 atom stereocenters. The summed E-state index contributed by atoms with van der Waals surface area (Å²) in [5.74, 6) is -0.425. The molecule has 0 spiro atoms. The smallest absolute Gasteiger partial charge is 0.328 e. The summed E-state index contributed by atoms with van der Waals surface area (Å²) in [4.78, 5) is 39.7. The molecular formula is C23H27FN4O3. The number of nitrogens with one attached hydrogen (secondary N) is 1. The Balaban J connectivity index is 1.48. The maximum atomic E-state index is 13.1. The van der Waals surface area contributed by atoms with Crippen LogP contribution < -0.4 is 11.1 Å². The molecule has 3 N–H and O–H groups in total. The molecule has 31 heavy (non-hydrogen) atoms. The van der Waals surface area contributed by atoms with Gasteiger partial charge in [-0.15, -0.1) is 0 Å². The summed E-state index contributed by atoms with van der Waals surface area (Å²) in [6.07, 6.45) is 1.89. The van der Waals surface area contributed by atoms with Crippen LogP contribution in [0.3, 0.4) is 0 Å². The minimum absolute atomic E-state index is 0.0334. The molecule has 7 nitrogen and oxygen atoms in total. The van der Waals surface area contributed by atoms with Crippen molar-refractivity contribution in [1.29, 1.82) is 0 Å². The second-order valence-corrected chi connectivity index (χ2v) is 7.79. The standard InChI is InChI=1S/C23H27FN4O3/c1-16-2-7-20(25)14-21(16)26-23(31)28(15-29)13-12-27-10-8-18(9-11-27)22(30)17-3-5-19(24)6-4-17/h2-7,14-15,18H,8-13,25H2,1H3,(H,26,31). The quantitative estimate of drug-likeness (QED) is 0.402. The number of ketones is 1. The van der Waals surface area contributed by atoms with Crippen LogP contribution in [-0.2, 0) is 4.79 Å². The van der Waals surface area contributed by atoms with E-state index in [1.807, 2.05) is 6.92 Å². The first-order chi connectivity index (χ1) is 14.9. The van der Waals surface area contributed by atoms with E-state index >= 15 is 0 Å². The summed E-state index contributed by atoms with van der Waals surface area (Å²) in [7, 11) is 0.